The molecule has 3 rings (SSSR count). The summed E-state index contributed by atoms with van der Waals surface area (Å²) >= 11 is 0. The molecule has 1 aromatic heterocycles. The molecule has 0 unspecified atom stereocenters. The molecule has 6 heteroatoms. The number of aromatic nitrogens is 1. The molecule has 0 bridgehead atoms. The number of piperazine rings is 1. The second kappa shape index (κ2) is 6.75. The van der Waals surface area contributed by atoms with Gasteiger partial charge in [-0.3, -0.25) is 4.79 Å². The molecule has 0 saturated carbocycles. The number of ether oxygens (including phenoxy) is 1. The van der Waals surface area contributed by atoms with E-state index < -0.39 is 0 Å². The van der Waals surface area contributed by atoms with E-state index in [-0.39, 0.29) is 12.0 Å². The van der Waals surface area contributed by atoms with Crippen LogP contribution in [0.4, 0.5) is 5.82 Å². The lowest BCUT2D eigenvalue weighted by Crippen LogP contribution is -2.49. The summed E-state index contributed by atoms with van der Waals surface area (Å²) in [7, 11) is 0. The highest BCUT2D eigenvalue weighted by atomic mass is 16.5. The fourth-order valence-corrected chi connectivity index (χ4v) is 2.95. The number of carbonyl (C=O) groups excluding carboxylic acids is 1. The van der Waals surface area contributed by atoms with E-state index in [1.807, 2.05) is 11.0 Å². The van der Waals surface area contributed by atoms with Crippen LogP contribution < -0.4 is 4.90 Å². The van der Waals surface area contributed by atoms with Crippen LogP contribution in [0, 0.1) is 11.3 Å². The van der Waals surface area contributed by atoms with E-state index in [1.165, 1.54) is 0 Å². The predicted molar refractivity (Wildman–Crippen MR) is 81.3 cm³/mol. The second-order valence-electron chi connectivity index (χ2n) is 5.72. The average Bonchev–Trinajstić information content (AvgIpc) is 3.08. The third kappa shape index (κ3) is 3.37. The van der Waals surface area contributed by atoms with Crippen LogP contribution in [0.2, 0.25) is 0 Å². The molecule has 0 N–H and O–H groups in total. The molecule has 0 aromatic carbocycles. The van der Waals surface area contributed by atoms with Crippen molar-refractivity contribution in [2.24, 2.45) is 0 Å². The predicted octanol–water partition coefficient (Wildman–Crippen LogP) is 1.17. The Morgan fingerprint density at radius 3 is 2.77 bits per heavy atom. The van der Waals surface area contributed by atoms with E-state index in [0.29, 0.717) is 25.1 Å². The normalized spacial score (nSPS) is 21.7. The third-order valence-corrected chi connectivity index (χ3v) is 4.26. The maximum absolute atomic E-state index is 12.3. The first-order valence-corrected chi connectivity index (χ1v) is 7.77. The number of carbonyl (C=O) groups is 1. The zero-order chi connectivity index (χ0) is 15.4. The van der Waals surface area contributed by atoms with Crippen LogP contribution in [-0.4, -0.2) is 54.7 Å². The highest BCUT2D eigenvalue weighted by Gasteiger charge is 2.25. The molecule has 0 aliphatic carbocycles. The summed E-state index contributed by atoms with van der Waals surface area (Å²) < 4.78 is 5.53. The fourth-order valence-electron chi connectivity index (χ4n) is 2.95. The summed E-state index contributed by atoms with van der Waals surface area (Å²) in [6.45, 7) is 3.77. The smallest absolute Gasteiger partial charge is 0.225 e. The minimum absolute atomic E-state index is 0.116. The Bertz CT molecular complexity index is 553. The molecule has 2 aliphatic heterocycles. The molecule has 22 heavy (non-hydrogen) atoms. The quantitative estimate of drug-likeness (QED) is 0.838. The van der Waals surface area contributed by atoms with Crippen molar-refractivity contribution in [2.75, 3.05) is 37.7 Å². The molecule has 3 heterocycles. The van der Waals surface area contributed by atoms with Gasteiger partial charge in [0.1, 0.15) is 11.9 Å². The van der Waals surface area contributed by atoms with Gasteiger partial charge in [0.2, 0.25) is 5.91 Å². The molecule has 116 valence electrons. The Morgan fingerprint density at radius 1 is 1.36 bits per heavy atom. The van der Waals surface area contributed by atoms with Gasteiger partial charge in [-0.25, -0.2) is 4.98 Å². The van der Waals surface area contributed by atoms with E-state index in [0.717, 1.165) is 38.4 Å². The molecule has 0 radical (unpaired) electrons. The lowest BCUT2D eigenvalue weighted by atomic mass is 10.1. The Hall–Kier alpha value is -2.13. The molecule has 2 fully saturated rings. The molecule has 1 atom stereocenters. The Morgan fingerprint density at radius 2 is 2.18 bits per heavy atom. The molecule has 1 amide bonds. The molecule has 6 nitrogen and oxygen atoms in total. The van der Waals surface area contributed by atoms with E-state index in [9.17, 15) is 4.79 Å². The van der Waals surface area contributed by atoms with Gasteiger partial charge in [-0.2, -0.15) is 5.26 Å². The summed E-state index contributed by atoms with van der Waals surface area (Å²) in [4.78, 5) is 20.6. The first-order chi connectivity index (χ1) is 10.8. The van der Waals surface area contributed by atoms with E-state index in [4.69, 9.17) is 10.00 Å². The topological polar surface area (TPSA) is 69.5 Å². The first-order valence-electron chi connectivity index (χ1n) is 7.77. The van der Waals surface area contributed by atoms with Crippen LogP contribution in [-0.2, 0) is 9.53 Å². The van der Waals surface area contributed by atoms with Gasteiger partial charge in [0.15, 0.2) is 0 Å². The van der Waals surface area contributed by atoms with Crippen molar-refractivity contribution in [1.29, 1.82) is 5.26 Å². The number of hydrogen-bond donors (Lipinski definition) is 0. The maximum Gasteiger partial charge on any atom is 0.225 e. The summed E-state index contributed by atoms with van der Waals surface area (Å²) in [6.07, 6.45) is 4.28. The largest absolute Gasteiger partial charge is 0.378 e. The standard InChI is InChI=1S/C16H20N4O2/c17-11-13-3-4-15(18-12-13)19-5-7-20(8-6-19)16(21)10-14-2-1-9-22-14/h3-4,12,14H,1-2,5-10H2/t14-/m0/s1. The third-order valence-electron chi connectivity index (χ3n) is 4.26. The first kappa shape index (κ1) is 14.8. The maximum atomic E-state index is 12.3. The average molecular weight is 300 g/mol. The molecular formula is C16H20N4O2. The summed E-state index contributed by atoms with van der Waals surface area (Å²) in [6, 6.07) is 5.71. The Kier molecular flexibility index (Phi) is 4.54. The van der Waals surface area contributed by atoms with Crippen LogP contribution >= 0.6 is 0 Å². The van der Waals surface area contributed by atoms with Crippen LogP contribution in [0.5, 0.6) is 0 Å². The highest BCUT2D eigenvalue weighted by molar-refractivity contribution is 5.77. The van der Waals surface area contributed by atoms with Crippen molar-refractivity contribution >= 4 is 11.7 Å². The monoisotopic (exact) mass is 300 g/mol. The number of nitriles is 1. The van der Waals surface area contributed by atoms with E-state index in [1.54, 1.807) is 12.3 Å². The lowest BCUT2D eigenvalue weighted by Gasteiger charge is -2.35. The van der Waals surface area contributed by atoms with Gasteiger partial charge in [0, 0.05) is 39.0 Å². The highest BCUT2D eigenvalue weighted by Crippen LogP contribution is 2.18. The number of anilines is 1. The number of rotatable bonds is 3. The van der Waals surface area contributed by atoms with Crippen LogP contribution in [0.1, 0.15) is 24.8 Å². The summed E-state index contributed by atoms with van der Waals surface area (Å²) in [5, 5.41) is 8.79. The van der Waals surface area contributed by atoms with Gasteiger partial charge in [-0.15, -0.1) is 0 Å². The number of amides is 1. The fraction of sp³-hybridized carbons (Fsp3) is 0.562. The number of pyridine rings is 1. The molecule has 2 aliphatic rings. The van der Waals surface area contributed by atoms with Gasteiger partial charge < -0.3 is 14.5 Å². The Labute approximate surface area is 130 Å². The van der Waals surface area contributed by atoms with Crippen LogP contribution in [0.3, 0.4) is 0 Å². The van der Waals surface area contributed by atoms with Gasteiger partial charge in [0.25, 0.3) is 0 Å². The van der Waals surface area contributed by atoms with Gasteiger partial charge in [-0.1, -0.05) is 0 Å². The van der Waals surface area contributed by atoms with E-state index >= 15 is 0 Å². The molecule has 0 spiro atoms. The minimum atomic E-state index is 0.116. The second-order valence-corrected chi connectivity index (χ2v) is 5.72. The van der Waals surface area contributed by atoms with Crippen molar-refractivity contribution in [1.82, 2.24) is 9.88 Å². The molecule has 2 saturated heterocycles. The molecule has 1 aromatic rings. The van der Waals surface area contributed by atoms with Crippen molar-refractivity contribution < 1.29 is 9.53 Å². The molecular weight excluding hydrogens is 280 g/mol. The number of hydrogen-bond acceptors (Lipinski definition) is 5. The van der Waals surface area contributed by atoms with Gasteiger partial charge in [0.05, 0.1) is 18.1 Å². The zero-order valence-electron chi connectivity index (χ0n) is 12.6. The van der Waals surface area contributed by atoms with Crippen molar-refractivity contribution in [2.45, 2.75) is 25.4 Å². The van der Waals surface area contributed by atoms with Gasteiger partial charge in [-0.05, 0) is 25.0 Å². The van der Waals surface area contributed by atoms with Crippen molar-refractivity contribution in [3.63, 3.8) is 0 Å². The van der Waals surface area contributed by atoms with E-state index in [2.05, 4.69) is 16.0 Å². The Balaban J connectivity index is 1.51. The number of nitrogens with zero attached hydrogens (tertiary/aromatic N) is 4. The summed E-state index contributed by atoms with van der Waals surface area (Å²) in [5.74, 6) is 1.06. The van der Waals surface area contributed by atoms with Crippen LogP contribution in [0.25, 0.3) is 0 Å². The summed E-state index contributed by atoms with van der Waals surface area (Å²) in [5.41, 5.74) is 0.564. The van der Waals surface area contributed by atoms with Crippen molar-refractivity contribution in [3.8, 4) is 6.07 Å². The van der Waals surface area contributed by atoms with Crippen LogP contribution in [0.15, 0.2) is 18.3 Å². The van der Waals surface area contributed by atoms with Gasteiger partial charge >= 0.3 is 0 Å². The zero-order valence-corrected chi connectivity index (χ0v) is 12.6. The van der Waals surface area contributed by atoms with Crippen molar-refractivity contribution in [3.05, 3.63) is 23.9 Å². The minimum Gasteiger partial charge on any atom is -0.378 e. The lowest BCUT2D eigenvalue weighted by molar-refractivity contribution is -0.133. The SMILES string of the molecule is N#Cc1ccc(N2CCN(C(=O)C[C@@H]3CCCO3)CC2)nc1.